The predicted molar refractivity (Wildman–Crippen MR) is 46.0 cm³/mol. The molecule has 0 aliphatic heterocycles. The van der Waals surface area contributed by atoms with Crippen LogP contribution in [0.3, 0.4) is 0 Å². The molecule has 0 bridgehead atoms. The Morgan fingerprint density at radius 2 is 1.92 bits per heavy atom. The number of alkyl halides is 2. The number of carbonyl (C=O) groups is 1. The van der Waals surface area contributed by atoms with Crippen molar-refractivity contribution in [3.05, 3.63) is 35.4 Å². The molecule has 1 rings (SSSR count). The second-order valence-electron chi connectivity index (χ2n) is 2.85. The number of benzene rings is 1. The Hall–Kier alpha value is -1.25. The Bertz CT molecular complexity index is 297. The fourth-order valence-corrected chi connectivity index (χ4v) is 1.23. The van der Waals surface area contributed by atoms with Gasteiger partial charge in [-0.05, 0) is 18.1 Å². The van der Waals surface area contributed by atoms with Gasteiger partial charge < -0.3 is 4.79 Å². The lowest BCUT2D eigenvalue weighted by molar-refractivity contribution is -0.111. The van der Waals surface area contributed by atoms with Gasteiger partial charge in [0.15, 0.2) is 0 Å². The first-order valence-electron chi connectivity index (χ1n) is 3.95. The van der Waals surface area contributed by atoms with Gasteiger partial charge in [0.1, 0.15) is 12.2 Å². The average molecular weight is 184 g/mol. The Kier molecular flexibility index (Phi) is 3.12. The van der Waals surface area contributed by atoms with Crippen molar-refractivity contribution >= 4 is 6.29 Å². The quantitative estimate of drug-likeness (QED) is 0.660. The van der Waals surface area contributed by atoms with Crippen molar-refractivity contribution in [1.82, 2.24) is 0 Å². The van der Waals surface area contributed by atoms with Crippen LogP contribution in [0.1, 0.15) is 17.0 Å². The van der Waals surface area contributed by atoms with E-state index in [9.17, 15) is 13.6 Å². The molecule has 1 aromatic rings. The monoisotopic (exact) mass is 184 g/mol. The third-order valence-electron chi connectivity index (χ3n) is 1.97. The lowest BCUT2D eigenvalue weighted by Gasteiger charge is -2.11. The van der Waals surface area contributed by atoms with Crippen LogP contribution in [0.2, 0.25) is 0 Å². The smallest absolute Gasteiger partial charge is 0.252 e. The van der Waals surface area contributed by atoms with Gasteiger partial charge in [-0.25, -0.2) is 8.78 Å². The molecule has 0 spiro atoms. The predicted octanol–water partition coefficient (Wildman–Crippen LogP) is 2.54. The van der Waals surface area contributed by atoms with Gasteiger partial charge in [-0.3, -0.25) is 0 Å². The summed E-state index contributed by atoms with van der Waals surface area (Å²) in [5, 5.41) is 0. The Balaban J connectivity index is 3.04. The molecule has 1 aromatic carbocycles. The average Bonchev–Trinajstić information content (AvgIpc) is 2.09. The second-order valence-corrected chi connectivity index (χ2v) is 2.85. The van der Waals surface area contributed by atoms with Crippen molar-refractivity contribution in [2.75, 3.05) is 0 Å². The minimum Gasteiger partial charge on any atom is -0.302 e. The molecule has 70 valence electrons. The van der Waals surface area contributed by atoms with E-state index in [1.54, 1.807) is 31.2 Å². The van der Waals surface area contributed by atoms with Crippen molar-refractivity contribution in [3.8, 4) is 0 Å². The van der Waals surface area contributed by atoms with E-state index in [0.717, 1.165) is 5.56 Å². The standard InChI is InChI=1S/C10H10F2O/c1-7-4-2-3-5-8(7)9(6-13)10(11)12/h2-6,9-10H,1H3. The van der Waals surface area contributed by atoms with Crippen LogP contribution in [0.25, 0.3) is 0 Å². The van der Waals surface area contributed by atoms with Gasteiger partial charge in [-0.15, -0.1) is 0 Å². The van der Waals surface area contributed by atoms with Crippen LogP contribution in [0.4, 0.5) is 8.78 Å². The summed E-state index contributed by atoms with van der Waals surface area (Å²) in [6.45, 7) is 1.72. The highest BCUT2D eigenvalue weighted by molar-refractivity contribution is 5.63. The van der Waals surface area contributed by atoms with Crippen molar-refractivity contribution in [3.63, 3.8) is 0 Å². The number of hydrogen-bond donors (Lipinski definition) is 0. The second kappa shape index (κ2) is 4.12. The van der Waals surface area contributed by atoms with Crippen LogP contribution in [-0.2, 0) is 4.79 Å². The first-order valence-corrected chi connectivity index (χ1v) is 3.95. The van der Waals surface area contributed by atoms with E-state index in [1.807, 2.05) is 0 Å². The molecule has 0 aromatic heterocycles. The first kappa shape index (κ1) is 9.84. The molecule has 0 aliphatic carbocycles. The molecule has 0 amide bonds. The van der Waals surface area contributed by atoms with Crippen LogP contribution in [0.5, 0.6) is 0 Å². The molecule has 1 unspecified atom stereocenters. The van der Waals surface area contributed by atoms with E-state index >= 15 is 0 Å². The van der Waals surface area contributed by atoms with Crippen LogP contribution >= 0.6 is 0 Å². The third kappa shape index (κ3) is 2.11. The molecular weight excluding hydrogens is 174 g/mol. The summed E-state index contributed by atoms with van der Waals surface area (Å²) in [5.41, 5.74) is 1.13. The molecule has 1 nitrogen and oxygen atoms in total. The van der Waals surface area contributed by atoms with Crippen LogP contribution in [0, 0.1) is 6.92 Å². The van der Waals surface area contributed by atoms with Gasteiger partial charge in [-0.1, -0.05) is 24.3 Å². The van der Waals surface area contributed by atoms with Crippen molar-refractivity contribution in [2.45, 2.75) is 19.3 Å². The molecule has 0 heterocycles. The van der Waals surface area contributed by atoms with Crippen LogP contribution in [-0.4, -0.2) is 12.7 Å². The zero-order valence-electron chi connectivity index (χ0n) is 7.21. The van der Waals surface area contributed by atoms with Gasteiger partial charge in [0.25, 0.3) is 6.43 Å². The maximum absolute atomic E-state index is 12.3. The summed E-state index contributed by atoms with van der Waals surface area (Å²) in [5.74, 6) is -1.29. The zero-order chi connectivity index (χ0) is 9.84. The van der Waals surface area contributed by atoms with Gasteiger partial charge >= 0.3 is 0 Å². The molecule has 1 atom stereocenters. The maximum Gasteiger partial charge on any atom is 0.252 e. The fraction of sp³-hybridized carbons (Fsp3) is 0.300. The van der Waals surface area contributed by atoms with E-state index in [0.29, 0.717) is 11.8 Å². The molecule has 0 saturated carbocycles. The van der Waals surface area contributed by atoms with Gasteiger partial charge in [0.05, 0.1) is 0 Å². The first-order chi connectivity index (χ1) is 6.16. The molecule has 0 aliphatic rings. The van der Waals surface area contributed by atoms with E-state index in [4.69, 9.17) is 0 Å². The number of carbonyl (C=O) groups excluding carboxylic acids is 1. The molecule has 0 fully saturated rings. The lowest BCUT2D eigenvalue weighted by Crippen LogP contribution is -2.11. The van der Waals surface area contributed by atoms with Crippen molar-refractivity contribution in [1.29, 1.82) is 0 Å². The van der Waals surface area contributed by atoms with E-state index in [2.05, 4.69) is 0 Å². The van der Waals surface area contributed by atoms with E-state index in [1.165, 1.54) is 0 Å². The normalized spacial score (nSPS) is 12.9. The van der Waals surface area contributed by atoms with E-state index < -0.39 is 12.3 Å². The fourth-order valence-electron chi connectivity index (χ4n) is 1.23. The summed E-state index contributed by atoms with van der Waals surface area (Å²) in [7, 11) is 0. The lowest BCUT2D eigenvalue weighted by atomic mass is 9.97. The van der Waals surface area contributed by atoms with Gasteiger partial charge in [0, 0.05) is 0 Å². The molecule has 0 saturated heterocycles. The zero-order valence-corrected chi connectivity index (χ0v) is 7.21. The Morgan fingerprint density at radius 1 is 1.31 bits per heavy atom. The highest BCUT2D eigenvalue weighted by Gasteiger charge is 2.22. The summed E-state index contributed by atoms with van der Waals surface area (Å²) >= 11 is 0. The summed E-state index contributed by atoms with van der Waals surface area (Å²) in [6, 6.07) is 6.68. The minimum absolute atomic E-state index is 0.299. The third-order valence-corrected chi connectivity index (χ3v) is 1.97. The number of halogens is 2. The van der Waals surface area contributed by atoms with Gasteiger partial charge in [-0.2, -0.15) is 0 Å². The van der Waals surface area contributed by atoms with Crippen LogP contribution < -0.4 is 0 Å². The van der Waals surface area contributed by atoms with Crippen molar-refractivity contribution < 1.29 is 13.6 Å². The largest absolute Gasteiger partial charge is 0.302 e. The maximum atomic E-state index is 12.3. The van der Waals surface area contributed by atoms with Crippen LogP contribution in [0.15, 0.2) is 24.3 Å². The molecule has 13 heavy (non-hydrogen) atoms. The van der Waals surface area contributed by atoms with E-state index in [-0.39, 0.29) is 0 Å². The Labute approximate surface area is 75.4 Å². The summed E-state index contributed by atoms with van der Waals surface area (Å²) < 4.78 is 24.7. The number of aldehydes is 1. The Morgan fingerprint density at radius 3 is 2.38 bits per heavy atom. The molecule has 0 radical (unpaired) electrons. The number of hydrogen-bond acceptors (Lipinski definition) is 1. The van der Waals surface area contributed by atoms with Gasteiger partial charge in [0.2, 0.25) is 0 Å². The molecule has 0 N–H and O–H groups in total. The highest BCUT2D eigenvalue weighted by atomic mass is 19.3. The summed E-state index contributed by atoms with van der Waals surface area (Å²) in [6.07, 6.45) is -2.33. The van der Waals surface area contributed by atoms with Crippen molar-refractivity contribution in [2.24, 2.45) is 0 Å². The SMILES string of the molecule is Cc1ccccc1C(C=O)C(F)F. The molecule has 3 heteroatoms. The highest BCUT2D eigenvalue weighted by Crippen LogP contribution is 2.23. The number of rotatable bonds is 3. The number of aryl methyl sites for hydroxylation is 1. The topological polar surface area (TPSA) is 17.1 Å². The summed E-state index contributed by atoms with van der Waals surface area (Å²) in [4.78, 5) is 10.4. The molecular formula is C10H10F2O. The minimum atomic E-state index is -2.63.